The van der Waals surface area contributed by atoms with Gasteiger partial charge in [0.15, 0.2) is 5.82 Å². The predicted molar refractivity (Wildman–Crippen MR) is 68.1 cm³/mol. The molecule has 18 heavy (non-hydrogen) atoms. The standard InChI is InChI=1S/C11H11N5O2/c12-6-1-2-7(8(13)5-6)11(18)14-9-3-4-10(17)16-15-9/h1-5H,12-13H2,(H,16,17)(H,14,15,18). The van der Waals surface area contributed by atoms with Crippen molar-refractivity contribution in [2.75, 3.05) is 16.8 Å². The molecule has 1 aromatic heterocycles. The molecule has 0 saturated carbocycles. The molecule has 92 valence electrons. The lowest BCUT2D eigenvalue weighted by atomic mass is 10.1. The number of carbonyl (C=O) groups excluding carboxylic acids is 1. The van der Waals surface area contributed by atoms with Gasteiger partial charge in [0, 0.05) is 17.4 Å². The lowest BCUT2D eigenvalue weighted by molar-refractivity contribution is 0.102. The number of H-pyrrole nitrogens is 1. The highest BCUT2D eigenvalue weighted by atomic mass is 16.2. The molecule has 0 atom stereocenters. The van der Waals surface area contributed by atoms with Crippen LogP contribution in [0.5, 0.6) is 0 Å². The van der Waals surface area contributed by atoms with Gasteiger partial charge in [0.1, 0.15) is 0 Å². The topological polar surface area (TPSA) is 127 Å². The summed E-state index contributed by atoms with van der Waals surface area (Å²) in [5, 5.41) is 8.37. The molecule has 0 bridgehead atoms. The minimum Gasteiger partial charge on any atom is -0.399 e. The Bertz CT molecular complexity index is 630. The molecular weight excluding hydrogens is 234 g/mol. The highest BCUT2D eigenvalue weighted by Crippen LogP contribution is 2.16. The Hall–Kier alpha value is -2.83. The number of carbonyl (C=O) groups is 1. The third-order valence-electron chi connectivity index (χ3n) is 2.24. The highest BCUT2D eigenvalue weighted by molar-refractivity contribution is 6.07. The largest absolute Gasteiger partial charge is 0.399 e. The number of aromatic amines is 1. The summed E-state index contributed by atoms with van der Waals surface area (Å²) in [6, 6.07) is 7.24. The van der Waals surface area contributed by atoms with Gasteiger partial charge in [0.2, 0.25) is 0 Å². The van der Waals surface area contributed by atoms with Crippen molar-refractivity contribution in [1.82, 2.24) is 10.2 Å². The maximum absolute atomic E-state index is 11.9. The molecule has 2 aromatic rings. The third-order valence-corrected chi connectivity index (χ3v) is 2.24. The molecule has 0 saturated heterocycles. The number of amides is 1. The fourth-order valence-electron chi connectivity index (χ4n) is 1.39. The van der Waals surface area contributed by atoms with Crippen LogP contribution in [-0.2, 0) is 0 Å². The van der Waals surface area contributed by atoms with E-state index in [-0.39, 0.29) is 22.6 Å². The van der Waals surface area contributed by atoms with Gasteiger partial charge in [-0.05, 0) is 24.3 Å². The molecule has 0 spiro atoms. The summed E-state index contributed by atoms with van der Waals surface area (Å²) in [5.41, 5.74) is 11.9. The van der Waals surface area contributed by atoms with Crippen molar-refractivity contribution in [2.24, 2.45) is 0 Å². The first-order valence-corrected chi connectivity index (χ1v) is 5.08. The van der Waals surface area contributed by atoms with Crippen molar-refractivity contribution in [3.63, 3.8) is 0 Å². The Kier molecular flexibility index (Phi) is 2.96. The van der Waals surface area contributed by atoms with Crippen molar-refractivity contribution in [3.05, 3.63) is 46.2 Å². The minimum absolute atomic E-state index is 0.232. The van der Waals surface area contributed by atoms with E-state index in [4.69, 9.17) is 11.5 Å². The number of nitrogens with one attached hydrogen (secondary N) is 2. The van der Waals surface area contributed by atoms with E-state index in [1.54, 1.807) is 6.07 Å². The van der Waals surface area contributed by atoms with Crippen LogP contribution in [0, 0.1) is 0 Å². The number of benzene rings is 1. The van der Waals surface area contributed by atoms with E-state index in [1.807, 2.05) is 0 Å². The van der Waals surface area contributed by atoms with Crippen LogP contribution in [0.25, 0.3) is 0 Å². The molecular formula is C11H11N5O2. The van der Waals surface area contributed by atoms with Crippen molar-refractivity contribution in [2.45, 2.75) is 0 Å². The van der Waals surface area contributed by atoms with Crippen LogP contribution < -0.4 is 22.3 Å². The third kappa shape index (κ3) is 2.46. The first-order chi connectivity index (χ1) is 8.56. The summed E-state index contributed by atoms with van der Waals surface area (Å²) >= 11 is 0. The molecule has 1 aromatic carbocycles. The number of nitrogens with zero attached hydrogens (tertiary/aromatic N) is 1. The van der Waals surface area contributed by atoms with Crippen LogP contribution in [0.4, 0.5) is 17.2 Å². The number of anilines is 3. The van der Waals surface area contributed by atoms with Crippen LogP contribution in [0.2, 0.25) is 0 Å². The second-order valence-electron chi connectivity index (χ2n) is 3.61. The first kappa shape index (κ1) is 11.6. The molecule has 0 unspecified atom stereocenters. The SMILES string of the molecule is Nc1ccc(C(=O)Nc2ccc(=O)[nH]n2)c(N)c1. The summed E-state index contributed by atoms with van der Waals surface area (Å²) < 4.78 is 0. The second kappa shape index (κ2) is 4.58. The number of rotatable bonds is 2. The average molecular weight is 245 g/mol. The van der Waals surface area contributed by atoms with Crippen LogP contribution in [0.15, 0.2) is 35.1 Å². The lowest BCUT2D eigenvalue weighted by Crippen LogP contribution is -2.17. The molecule has 0 aliphatic carbocycles. The summed E-state index contributed by atoms with van der Waals surface area (Å²) in [5.74, 6) is -0.192. The Morgan fingerprint density at radius 3 is 2.61 bits per heavy atom. The Morgan fingerprint density at radius 1 is 1.22 bits per heavy atom. The number of hydrogen-bond acceptors (Lipinski definition) is 5. The van der Waals surface area contributed by atoms with Crippen LogP contribution in [0.1, 0.15) is 10.4 Å². The molecule has 1 heterocycles. The summed E-state index contributed by atoms with van der Waals surface area (Å²) in [6.45, 7) is 0. The van der Waals surface area contributed by atoms with Gasteiger partial charge in [-0.2, -0.15) is 5.10 Å². The van der Waals surface area contributed by atoms with Gasteiger partial charge in [0.25, 0.3) is 11.5 Å². The summed E-state index contributed by atoms with van der Waals surface area (Å²) in [4.78, 5) is 22.7. The fourth-order valence-corrected chi connectivity index (χ4v) is 1.39. The van der Waals surface area contributed by atoms with Crippen molar-refractivity contribution in [1.29, 1.82) is 0 Å². The van der Waals surface area contributed by atoms with Gasteiger partial charge in [-0.3, -0.25) is 9.59 Å². The maximum Gasteiger partial charge on any atom is 0.264 e. The van der Waals surface area contributed by atoms with E-state index in [2.05, 4.69) is 15.5 Å². The van der Waals surface area contributed by atoms with Crippen LogP contribution in [-0.4, -0.2) is 16.1 Å². The van der Waals surface area contributed by atoms with Gasteiger partial charge in [-0.15, -0.1) is 0 Å². The van der Waals surface area contributed by atoms with Crippen molar-refractivity contribution in [3.8, 4) is 0 Å². The zero-order valence-corrected chi connectivity index (χ0v) is 9.31. The van der Waals surface area contributed by atoms with Crippen molar-refractivity contribution < 1.29 is 4.79 Å². The smallest absolute Gasteiger partial charge is 0.264 e. The van der Waals surface area contributed by atoms with E-state index < -0.39 is 5.91 Å². The zero-order chi connectivity index (χ0) is 13.1. The quantitative estimate of drug-likeness (QED) is 0.561. The zero-order valence-electron chi connectivity index (χ0n) is 9.31. The van der Waals surface area contributed by atoms with Gasteiger partial charge >= 0.3 is 0 Å². The number of aromatic nitrogens is 2. The lowest BCUT2D eigenvalue weighted by Gasteiger charge is -2.06. The molecule has 7 heteroatoms. The second-order valence-corrected chi connectivity index (χ2v) is 3.61. The maximum atomic E-state index is 11.9. The van der Waals surface area contributed by atoms with E-state index >= 15 is 0 Å². The van der Waals surface area contributed by atoms with E-state index in [0.29, 0.717) is 5.69 Å². The minimum atomic E-state index is -0.424. The number of nitrogen functional groups attached to an aromatic ring is 2. The van der Waals surface area contributed by atoms with E-state index in [9.17, 15) is 9.59 Å². The van der Waals surface area contributed by atoms with Crippen LogP contribution in [0.3, 0.4) is 0 Å². The molecule has 6 N–H and O–H groups in total. The fraction of sp³-hybridized carbons (Fsp3) is 0. The molecule has 0 fully saturated rings. The Balaban J connectivity index is 2.22. The molecule has 1 amide bonds. The highest BCUT2D eigenvalue weighted by Gasteiger charge is 2.10. The van der Waals surface area contributed by atoms with Gasteiger partial charge in [-0.1, -0.05) is 0 Å². The molecule has 2 rings (SSSR count). The van der Waals surface area contributed by atoms with Gasteiger partial charge in [-0.25, -0.2) is 5.10 Å². The first-order valence-electron chi connectivity index (χ1n) is 5.08. The Morgan fingerprint density at radius 2 is 2.00 bits per heavy atom. The molecule has 0 aliphatic heterocycles. The van der Waals surface area contributed by atoms with E-state index in [1.165, 1.54) is 24.3 Å². The van der Waals surface area contributed by atoms with Gasteiger partial charge < -0.3 is 16.8 Å². The van der Waals surface area contributed by atoms with Crippen molar-refractivity contribution >= 4 is 23.1 Å². The number of nitrogens with two attached hydrogens (primary N) is 2. The van der Waals surface area contributed by atoms with Crippen LogP contribution >= 0.6 is 0 Å². The summed E-state index contributed by atoms with van der Waals surface area (Å²) in [6.07, 6.45) is 0. The predicted octanol–water partition coefficient (Wildman–Crippen LogP) is 0.187. The average Bonchev–Trinajstić information content (AvgIpc) is 2.32. The molecule has 0 radical (unpaired) electrons. The normalized spacial score (nSPS) is 10.0. The Labute approximate surface area is 102 Å². The molecule has 7 nitrogen and oxygen atoms in total. The van der Waals surface area contributed by atoms with E-state index in [0.717, 1.165) is 0 Å². The number of hydrogen-bond donors (Lipinski definition) is 4. The van der Waals surface area contributed by atoms with Gasteiger partial charge in [0.05, 0.1) is 5.56 Å². The molecule has 0 aliphatic rings. The summed E-state index contributed by atoms with van der Waals surface area (Å²) in [7, 11) is 0. The monoisotopic (exact) mass is 245 g/mol.